The van der Waals surface area contributed by atoms with E-state index in [4.69, 9.17) is 0 Å². The molecule has 2 aromatic carbocycles. The Morgan fingerprint density at radius 2 is 1.66 bits per heavy atom. The number of phenols is 2. The molecule has 158 valence electrons. The largest absolute Gasteiger partial charge is 0.504 e. The number of halogens is 3. The molecule has 10 heteroatoms. The molecule has 0 saturated heterocycles. The number of hydrogen-bond donors (Lipinski definition) is 4. The molecule has 0 heterocycles. The molecule has 0 saturated carbocycles. The number of hydrogen-bond acceptors (Lipinski definition) is 6. The van der Waals surface area contributed by atoms with Crippen molar-refractivity contribution in [1.29, 1.82) is 0 Å². The van der Waals surface area contributed by atoms with E-state index in [1.807, 2.05) is 11.0 Å². The molecule has 0 aliphatic carbocycles. The second-order valence-electron chi connectivity index (χ2n) is 6.20. The predicted molar refractivity (Wildman–Crippen MR) is 137 cm³/mol. The number of amides is 1. The zero-order valence-electron chi connectivity index (χ0n) is 15.6. The molecule has 0 radical (unpaired) electrons. The topological polar surface area (TPSA) is 104 Å². The number of anilines is 2. The number of carbonyl (C=O) groups is 1. The summed E-state index contributed by atoms with van der Waals surface area (Å²) in [7, 11) is 0. The summed E-state index contributed by atoms with van der Waals surface area (Å²) in [6.07, 6.45) is 0. The van der Waals surface area contributed by atoms with Gasteiger partial charge in [0.25, 0.3) is 0 Å². The second kappa shape index (κ2) is 11.3. The molecule has 1 amide bonds. The van der Waals surface area contributed by atoms with Crippen LogP contribution < -0.4 is 4.90 Å². The number of benzene rings is 2. The van der Waals surface area contributed by atoms with E-state index in [0.29, 0.717) is 25.3 Å². The summed E-state index contributed by atoms with van der Waals surface area (Å²) in [5.74, 6) is -0.977. The van der Waals surface area contributed by atoms with Crippen molar-refractivity contribution in [2.45, 2.75) is 13.5 Å². The summed E-state index contributed by atoms with van der Waals surface area (Å²) < 4.78 is 2.62. The first-order chi connectivity index (χ1) is 13.7. The highest BCUT2D eigenvalue weighted by atomic mass is 127. The van der Waals surface area contributed by atoms with Gasteiger partial charge in [-0.1, -0.05) is 6.07 Å². The van der Waals surface area contributed by atoms with Crippen molar-refractivity contribution in [3.05, 3.63) is 40.5 Å². The molecule has 4 N–H and O–H groups in total. The van der Waals surface area contributed by atoms with Crippen LogP contribution in [0.2, 0.25) is 0 Å². The van der Waals surface area contributed by atoms with Crippen LogP contribution in [0.3, 0.4) is 0 Å². The first kappa shape index (κ1) is 24.8. The average Bonchev–Trinajstić information content (AvgIpc) is 2.65. The monoisotopic (exact) mass is 738 g/mol. The van der Waals surface area contributed by atoms with Crippen molar-refractivity contribution >= 4 is 85.1 Å². The Kier molecular flexibility index (Phi) is 9.66. The van der Waals surface area contributed by atoms with E-state index >= 15 is 0 Å². The Morgan fingerprint density at radius 1 is 1.03 bits per heavy atom. The lowest BCUT2D eigenvalue weighted by atomic mass is 10.1. The Labute approximate surface area is 210 Å². The summed E-state index contributed by atoms with van der Waals surface area (Å²) in [6.45, 7) is 2.66. The second-order valence-corrected chi connectivity index (χ2v) is 9.61. The van der Waals surface area contributed by atoms with E-state index in [1.54, 1.807) is 12.1 Å². The van der Waals surface area contributed by atoms with Gasteiger partial charge in [-0.25, -0.2) is 0 Å². The molecule has 0 aliphatic heterocycles. The van der Waals surface area contributed by atoms with Crippen molar-refractivity contribution < 1.29 is 25.2 Å². The van der Waals surface area contributed by atoms with Crippen LogP contribution in [-0.4, -0.2) is 57.5 Å². The fourth-order valence-corrected chi connectivity index (χ4v) is 7.09. The minimum Gasteiger partial charge on any atom is -0.504 e. The molecule has 7 nitrogen and oxygen atoms in total. The van der Waals surface area contributed by atoms with E-state index in [-0.39, 0.29) is 36.3 Å². The molecule has 29 heavy (non-hydrogen) atoms. The number of rotatable bonds is 8. The number of aliphatic hydroxyl groups excluding tert-OH is 2. The predicted octanol–water partition coefficient (Wildman–Crippen LogP) is 3.38. The number of aliphatic hydroxyl groups is 2. The highest BCUT2D eigenvalue weighted by Crippen LogP contribution is 2.43. The SMILES string of the molecule is CC(=O)N(c1cccc(O)c1O)c1c(I)cc(I)c(CN(CCO)CCO)c1I. The molecule has 2 rings (SSSR count). The van der Waals surface area contributed by atoms with Gasteiger partial charge in [-0.3, -0.25) is 14.6 Å². The van der Waals surface area contributed by atoms with Gasteiger partial charge < -0.3 is 20.4 Å². The third kappa shape index (κ3) is 5.84. The Morgan fingerprint density at radius 3 is 2.21 bits per heavy atom. The third-order valence-corrected chi connectivity index (χ3v) is 7.17. The summed E-state index contributed by atoms with van der Waals surface area (Å²) in [5.41, 5.74) is 1.76. The summed E-state index contributed by atoms with van der Waals surface area (Å²) in [4.78, 5) is 15.9. The fraction of sp³-hybridized carbons (Fsp3) is 0.316. The summed E-state index contributed by atoms with van der Waals surface area (Å²) in [6, 6.07) is 6.44. The molecule has 0 aromatic heterocycles. The summed E-state index contributed by atoms with van der Waals surface area (Å²) in [5, 5.41) is 38.9. The minimum atomic E-state index is -0.364. The van der Waals surface area contributed by atoms with E-state index in [2.05, 4.69) is 67.8 Å². The molecule has 0 bridgehead atoms. The number of carbonyl (C=O) groups excluding carboxylic acids is 1. The highest BCUT2D eigenvalue weighted by Gasteiger charge is 2.26. The minimum absolute atomic E-state index is 0.0267. The Hall–Kier alpha value is -0.420. The van der Waals surface area contributed by atoms with E-state index < -0.39 is 0 Å². The third-order valence-electron chi connectivity index (χ3n) is 4.23. The van der Waals surface area contributed by atoms with Crippen molar-refractivity contribution in [2.75, 3.05) is 31.2 Å². The van der Waals surface area contributed by atoms with Crippen LogP contribution in [0.4, 0.5) is 11.4 Å². The molecule has 0 unspecified atom stereocenters. The number of nitrogens with zero attached hydrogens (tertiary/aromatic N) is 2. The average molecular weight is 738 g/mol. The van der Waals surface area contributed by atoms with Gasteiger partial charge in [0.2, 0.25) is 5.91 Å². The molecule has 2 aromatic rings. The van der Waals surface area contributed by atoms with Crippen molar-refractivity contribution in [1.82, 2.24) is 4.90 Å². The number of para-hydroxylation sites is 1. The lowest BCUT2D eigenvalue weighted by Crippen LogP contribution is -2.31. The van der Waals surface area contributed by atoms with Gasteiger partial charge in [0.05, 0.1) is 24.6 Å². The fourth-order valence-electron chi connectivity index (χ4n) is 2.89. The zero-order chi connectivity index (χ0) is 21.7. The lowest BCUT2D eigenvalue weighted by Gasteiger charge is -2.28. The standard InChI is InChI=1S/C19H21I3N2O5/c1-11(27)24(15-3-2-4-16(28)19(15)29)18-14(21)9-13(20)12(17(18)22)10-23(5-7-25)6-8-26/h2-4,9,25-26,28-29H,5-8,10H2,1H3. The molecule has 0 atom stereocenters. The van der Waals surface area contributed by atoms with Gasteiger partial charge in [0, 0.05) is 37.3 Å². The van der Waals surface area contributed by atoms with E-state index in [0.717, 1.165) is 16.3 Å². The summed E-state index contributed by atoms with van der Waals surface area (Å²) >= 11 is 6.56. The van der Waals surface area contributed by atoms with Crippen LogP contribution >= 0.6 is 67.8 Å². The Bertz CT molecular complexity index is 889. The van der Waals surface area contributed by atoms with Gasteiger partial charge in [-0.15, -0.1) is 0 Å². The van der Waals surface area contributed by atoms with Gasteiger partial charge in [-0.05, 0) is 91.5 Å². The van der Waals surface area contributed by atoms with Gasteiger partial charge >= 0.3 is 0 Å². The van der Waals surface area contributed by atoms with Crippen molar-refractivity contribution in [3.63, 3.8) is 0 Å². The zero-order valence-corrected chi connectivity index (χ0v) is 22.0. The normalized spacial score (nSPS) is 11.1. The van der Waals surface area contributed by atoms with Crippen LogP contribution in [0.15, 0.2) is 24.3 Å². The maximum atomic E-state index is 12.6. The maximum Gasteiger partial charge on any atom is 0.228 e. The molecule has 0 spiro atoms. The first-order valence-corrected chi connectivity index (χ1v) is 11.9. The smallest absolute Gasteiger partial charge is 0.228 e. The maximum absolute atomic E-state index is 12.6. The van der Waals surface area contributed by atoms with E-state index in [9.17, 15) is 25.2 Å². The van der Waals surface area contributed by atoms with Crippen molar-refractivity contribution in [3.8, 4) is 11.5 Å². The van der Waals surface area contributed by atoms with Gasteiger partial charge in [0.15, 0.2) is 11.5 Å². The lowest BCUT2D eigenvalue weighted by molar-refractivity contribution is -0.115. The number of phenolic OH excluding ortho intramolecular Hbond substituents is 2. The number of aromatic hydroxyl groups is 2. The molecule has 0 aliphatic rings. The van der Waals surface area contributed by atoms with Crippen LogP contribution in [-0.2, 0) is 11.3 Å². The van der Waals surface area contributed by atoms with Crippen LogP contribution in [0, 0.1) is 10.7 Å². The quantitative estimate of drug-likeness (QED) is 0.245. The molecular weight excluding hydrogens is 717 g/mol. The van der Waals surface area contributed by atoms with E-state index in [1.165, 1.54) is 17.9 Å². The van der Waals surface area contributed by atoms with Gasteiger partial charge in [0.1, 0.15) is 0 Å². The van der Waals surface area contributed by atoms with Crippen LogP contribution in [0.25, 0.3) is 0 Å². The molecular formula is C19H21I3N2O5. The van der Waals surface area contributed by atoms with Crippen molar-refractivity contribution in [2.24, 2.45) is 0 Å². The first-order valence-electron chi connectivity index (χ1n) is 8.65. The molecule has 0 fully saturated rings. The van der Waals surface area contributed by atoms with Crippen LogP contribution in [0.5, 0.6) is 11.5 Å². The van der Waals surface area contributed by atoms with Crippen LogP contribution in [0.1, 0.15) is 12.5 Å². The van der Waals surface area contributed by atoms with Gasteiger partial charge in [-0.2, -0.15) is 0 Å². The Balaban J connectivity index is 2.64. The highest BCUT2D eigenvalue weighted by molar-refractivity contribution is 14.1.